The van der Waals surface area contributed by atoms with Gasteiger partial charge in [0.05, 0.1) is 23.5 Å². The van der Waals surface area contributed by atoms with Crippen molar-refractivity contribution in [3.05, 3.63) is 25.3 Å². The second-order valence-electron chi connectivity index (χ2n) is 1.81. The predicted octanol–water partition coefficient (Wildman–Crippen LogP) is 0.0406. The molecule has 0 aromatic heterocycles. The van der Waals surface area contributed by atoms with E-state index < -0.39 is 0 Å². The Morgan fingerprint density at radius 2 is 1.60 bits per heavy atom. The second-order valence-corrected chi connectivity index (χ2v) is 2.75. The average molecular weight is 158 g/mol. The van der Waals surface area contributed by atoms with Crippen molar-refractivity contribution >= 4 is 10.2 Å². The van der Waals surface area contributed by atoms with Gasteiger partial charge in [0.25, 0.3) is 0 Å². The van der Waals surface area contributed by atoms with Crippen LogP contribution < -0.4 is 0 Å². The van der Waals surface area contributed by atoms with Gasteiger partial charge in [0.15, 0.2) is 0 Å². The smallest absolute Gasteiger partial charge is 0.132 e. The van der Waals surface area contributed by atoms with Gasteiger partial charge in [-0.25, -0.2) is 0 Å². The number of rotatable bonds is 6. The van der Waals surface area contributed by atoms with E-state index in [1.807, 2.05) is 0 Å². The van der Waals surface area contributed by atoms with Crippen molar-refractivity contribution in [2.45, 2.75) is 5.91 Å². The van der Waals surface area contributed by atoms with Crippen LogP contribution in [0.3, 0.4) is 0 Å². The maximum atomic E-state index is 5.17. The molecule has 58 valence electrons. The van der Waals surface area contributed by atoms with E-state index in [0.29, 0.717) is 13.2 Å². The summed E-state index contributed by atoms with van der Waals surface area (Å²) in [5, 5.41) is 0. The minimum Gasteiger partial charge on any atom is -0.353 e. The van der Waals surface area contributed by atoms with E-state index in [1.54, 1.807) is 12.2 Å². The molecule has 0 aliphatic heterocycles. The van der Waals surface area contributed by atoms with Crippen LogP contribution in [0.1, 0.15) is 0 Å². The molecule has 0 aromatic rings. The highest BCUT2D eigenvalue weighted by molar-refractivity contribution is 6.10. The van der Waals surface area contributed by atoms with Gasteiger partial charge in [-0.15, -0.1) is 13.2 Å². The normalized spacial score (nSPS) is 10.1. The average Bonchev–Trinajstić information content (AvgIpc) is 1.97. The molecule has 2 nitrogen and oxygen atoms in total. The Morgan fingerprint density at radius 3 is 1.90 bits per heavy atom. The topological polar surface area (TPSA) is 18.5 Å². The first kappa shape index (κ1) is 9.62. The SMILES string of the molecule is C=CCOC([SiH3])OCC=C. The van der Waals surface area contributed by atoms with Crippen molar-refractivity contribution in [1.29, 1.82) is 0 Å². The fourth-order valence-electron chi connectivity index (χ4n) is 0.455. The van der Waals surface area contributed by atoms with Crippen molar-refractivity contribution in [3.63, 3.8) is 0 Å². The predicted molar refractivity (Wildman–Crippen MR) is 46.0 cm³/mol. The molecule has 0 atom stereocenters. The van der Waals surface area contributed by atoms with Crippen molar-refractivity contribution < 1.29 is 9.47 Å². The van der Waals surface area contributed by atoms with Crippen LogP contribution in [0, 0.1) is 0 Å². The molecule has 0 aliphatic rings. The fourth-order valence-corrected chi connectivity index (χ4v) is 0.840. The standard InChI is InChI=1S/C7H14O2Si/c1-3-5-8-7(10)9-6-4-2/h3-4,7H,1-2,5-6H2,10H3. The summed E-state index contributed by atoms with van der Waals surface area (Å²) in [5.74, 6) is -0.0315. The highest BCUT2D eigenvalue weighted by Crippen LogP contribution is 1.88. The minimum atomic E-state index is -0.0315. The molecule has 10 heavy (non-hydrogen) atoms. The number of hydrogen-bond acceptors (Lipinski definition) is 2. The summed E-state index contributed by atoms with van der Waals surface area (Å²) in [6, 6.07) is 0. The highest BCUT2D eigenvalue weighted by Gasteiger charge is 1.96. The van der Waals surface area contributed by atoms with Crippen LogP contribution in [0.4, 0.5) is 0 Å². The summed E-state index contributed by atoms with van der Waals surface area (Å²) in [5.41, 5.74) is 0. The van der Waals surface area contributed by atoms with Gasteiger partial charge in [0, 0.05) is 0 Å². The van der Waals surface area contributed by atoms with E-state index in [1.165, 1.54) is 0 Å². The molecule has 0 aromatic carbocycles. The van der Waals surface area contributed by atoms with E-state index in [9.17, 15) is 0 Å². The molecule has 0 radical (unpaired) electrons. The summed E-state index contributed by atoms with van der Waals surface area (Å²) in [6.07, 6.45) is 3.42. The summed E-state index contributed by atoms with van der Waals surface area (Å²) in [6.45, 7) is 8.18. The van der Waals surface area contributed by atoms with Crippen LogP contribution in [0.15, 0.2) is 25.3 Å². The molecule has 0 N–H and O–H groups in total. The van der Waals surface area contributed by atoms with Crippen molar-refractivity contribution in [3.8, 4) is 0 Å². The molecule has 0 saturated carbocycles. The van der Waals surface area contributed by atoms with Crippen LogP contribution in [0.2, 0.25) is 0 Å². The molecular weight excluding hydrogens is 144 g/mol. The largest absolute Gasteiger partial charge is 0.353 e. The molecule has 0 bridgehead atoms. The summed E-state index contributed by atoms with van der Waals surface area (Å²) < 4.78 is 10.3. The van der Waals surface area contributed by atoms with E-state index in [-0.39, 0.29) is 5.91 Å². The fraction of sp³-hybridized carbons (Fsp3) is 0.429. The van der Waals surface area contributed by atoms with Crippen molar-refractivity contribution in [1.82, 2.24) is 0 Å². The zero-order valence-electron chi connectivity index (χ0n) is 6.38. The molecule has 3 heteroatoms. The highest BCUT2D eigenvalue weighted by atomic mass is 28.1. The zero-order chi connectivity index (χ0) is 7.82. The maximum absolute atomic E-state index is 5.17. The molecule has 0 unspecified atom stereocenters. The van der Waals surface area contributed by atoms with Gasteiger partial charge in [-0.3, -0.25) is 0 Å². The van der Waals surface area contributed by atoms with Crippen LogP contribution >= 0.6 is 0 Å². The third-order valence-electron chi connectivity index (χ3n) is 0.898. The Morgan fingerprint density at radius 1 is 1.20 bits per heavy atom. The first-order valence-electron chi connectivity index (χ1n) is 3.26. The lowest BCUT2D eigenvalue weighted by Crippen LogP contribution is -2.17. The minimum absolute atomic E-state index is 0.0315. The lowest BCUT2D eigenvalue weighted by molar-refractivity contribution is -0.0694. The summed E-state index contributed by atoms with van der Waals surface area (Å²) in [4.78, 5) is 0. The maximum Gasteiger partial charge on any atom is 0.132 e. The molecule has 0 rings (SSSR count). The third-order valence-corrected chi connectivity index (χ3v) is 1.56. The third kappa shape index (κ3) is 5.75. The second kappa shape index (κ2) is 6.73. The van der Waals surface area contributed by atoms with Crippen LogP contribution in [-0.4, -0.2) is 29.4 Å². The molecule has 0 aliphatic carbocycles. The Labute approximate surface area is 64.9 Å². The monoisotopic (exact) mass is 158 g/mol. The molecule has 0 amide bonds. The van der Waals surface area contributed by atoms with Crippen LogP contribution in [0.25, 0.3) is 0 Å². The molecule has 0 fully saturated rings. The quantitative estimate of drug-likeness (QED) is 0.309. The van der Waals surface area contributed by atoms with E-state index >= 15 is 0 Å². The van der Waals surface area contributed by atoms with Gasteiger partial charge in [-0.2, -0.15) is 0 Å². The molecule has 0 spiro atoms. The van der Waals surface area contributed by atoms with Crippen molar-refractivity contribution in [2.24, 2.45) is 0 Å². The molecule has 0 heterocycles. The Bertz CT molecular complexity index is 91.8. The van der Waals surface area contributed by atoms with E-state index in [2.05, 4.69) is 13.2 Å². The van der Waals surface area contributed by atoms with Gasteiger partial charge < -0.3 is 9.47 Å². The Kier molecular flexibility index (Phi) is 6.47. The first-order valence-corrected chi connectivity index (χ1v) is 4.41. The number of ether oxygens (including phenoxy) is 2. The molecule has 0 saturated heterocycles. The van der Waals surface area contributed by atoms with Gasteiger partial charge in [-0.1, -0.05) is 12.2 Å². The van der Waals surface area contributed by atoms with Crippen LogP contribution in [0.5, 0.6) is 0 Å². The van der Waals surface area contributed by atoms with E-state index in [4.69, 9.17) is 9.47 Å². The number of hydrogen-bond donors (Lipinski definition) is 0. The molecular formula is C7H14O2Si. The first-order chi connectivity index (χ1) is 4.81. The Hall–Kier alpha value is -0.383. The lowest BCUT2D eigenvalue weighted by atomic mass is 10.7. The van der Waals surface area contributed by atoms with Crippen molar-refractivity contribution in [2.75, 3.05) is 13.2 Å². The van der Waals surface area contributed by atoms with Gasteiger partial charge in [0.1, 0.15) is 5.91 Å². The van der Waals surface area contributed by atoms with Gasteiger partial charge in [-0.05, 0) is 0 Å². The summed E-state index contributed by atoms with van der Waals surface area (Å²) in [7, 11) is 0.878. The van der Waals surface area contributed by atoms with Gasteiger partial charge in [0.2, 0.25) is 0 Å². The summed E-state index contributed by atoms with van der Waals surface area (Å²) >= 11 is 0. The zero-order valence-corrected chi connectivity index (χ0v) is 8.38. The van der Waals surface area contributed by atoms with Gasteiger partial charge >= 0.3 is 0 Å². The lowest BCUT2D eigenvalue weighted by Gasteiger charge is -2.10. The Balaban J connectivity index is 3.15. The van der Waals surface area contributed by atoms with Crippen LogP contribution in [-0.2, 0) is 9.47 Å². The van der Waals surface area contributed by atoms with E-state index in [0.717, 1.165) is 10.2 Å².